The summed E-state index contributed by atoms with van der Waals surface area (Å²) in [6, 6.07) is 14.8. The van der Waals surface area contributed by atoms with Crippen molar-refractivity contribution in [2.75, 3.05) is 0 Å². The fraction of sp³-hybridized carbons (Fsp3) is 0.188. The van der Waals surface area contributed by atoms with Gasteiger partial charge in [0.05, 0.1) is 11.0 Å². The molecule has 0 fully saturated rings. The summed E-state index contributed by atoms with van der Waals surface area (Å²) in [4.78, 5) is 7.92. The Kier molecular flexibility index (Phi) is 4.73. The third-order valence-electron chi connectivity index (χ3n) is 3.31. The average Bonchev–Trinajstić information content (AvgIpc) is 2.83. The van der Waals surface area contributed by atoms with Gasteiger partial charge < -0.3 is 4.98 Å². The van der Waals surface area contributed by atoms with Crippen LogP contribution in [0.3, 0.4) is 0 Å². The number of para-hydroxylation sites is 2. The van der Waals surface area contributed by atoms with Crippen molar-refractivity contribution >= 4 is 35.2 Å². The zero-order valence-corrected chi connectivity index (χ0v) is 13.1. The van der Waals surface area contributed by atoms with E-state index in [9.17, 15) is 0 Å². The summed E-state index contributed by atoms with van der Waals surface area (Å²) in [5, 5.41) is 0.986. The van der Waals surface area contributed by atoms with Crippen molar-refractivity contribution in [3.8, 4) is 0 Å². The van der Waals surface area contributed by atoms with Crippen LogP contribution in [0.5, 0.6) is 0 Å². The Hall–Kier alpha value is -1.45. The molecule has 4 heteroatoms. The molecule has 0 amide bonds. The maximum absolute atomic E-state index is 4.58. The van der Waals surface area contributed by atoms with E-state index in [4.69, 9.17) is 0 Å². The van der Waals surface area contributed by atoms with Crippen molar-refractivity contribution < 1.29 is 0 Å². The van der Waals surface area contributed by atoms with Crippen molar-refractivity contribution in [2.45, 2.75) is 24.8 Å². The first-order valence-corrected chi connectivity index (χ1v) is 7.34. The molecule has 3 rings (SSSR count). The van der Waals surface area contributed by atoms with E-state index in [1.54, 1.807) is 11.8 Å². The minimum Gasteiger partial charge on any atom is -0.333 e. The molecule has 0 aliphatic carbocycles. The van der Waals surface area contributed by atoms with Gasteiger partial charge in [-0.05, 0) is 42.7 Å². The maximum atomic E-state index is 4.58. The van der Waals surface area contributed by atoms with Crippen molar-refractivity contribution in [3.05, 3.63) is 59.2 Å². The number of hydrogen-bond donors (Lipinski definition) is 1. The second-order valence-corrected chi connectivity index (χ2v) is 5.73. The molecule has 0 bridgehead atoms. The number of fused-ring (bicyclic) bond motifs is 1. The van der Waals surface area contributed by atoms with Gasteiger partial charge in [-0.1, -0.05) is 42.1 Å². The van der Waals surface area contributed by atoms with E-state index in [1.807, 2.05) is 18.2 Å². The highest BCUT2D eigenvalue weighted by molar-refractivity contribution is 7.98. The quantitative estimate of drug-likeness (QED) is 0.698. The van der Waals surface area contributed by atoms with Crippen LogP contribution < -0.4 is 0 Å². The van der Waals surface area contributed by atoms with Gasteiger partial charge in [0.25, 0.3) is 0 Å². The normalized spacial score (nSPS) is 10.5. The predicted molar refractivity (Wildman–Crippen MR) is 88.8 cm³/mol. The number of benzene rings is 2. The van der Waals surface area contributed by atoms with Crippen LogP contribution in [0.4, 0.5) is 0 Å². The SMILES string of the molecule is Cc1ccc(CSc2nc3ccccc3[nH]2)cc1C.Cl. The predicted octanol–water partition coefficient (Wildman–Crippen LogP) is 4.89. The van der Waals surface area contributed by atoms with E-state index in [1.165, 1.54) is 16.7 Å². The Morgan fingerprint density at radius 1 is 1.05 bits per heavy atom. The van der Waals surface area contributed by atoms with Crippen molar-refractivity contribution in [2.24, 2.45) is 0 Å². The van der Waals surface area contributed by atoms with Crippen LogP contribution in [0.25, 0.3) is 11.0 Å². The number of aromatic amines is 1. The van der Waals surface area contributed by atoms with Gasteiger partial charge in [-0.3, -0.25) is 0 Å². The molecule has 1 aromatic heterocycles. The number of halogens is 1. The molecule has 0 aliphatic heterocycles. The van der Waals surface area contributed by atoms with E-state index in [-0.39, 0.29) is 12.4 Å². The molecule has 0 spiro atoms. The summed E-state index contributed by atoms with van der Waals surface area (Å²) < 4.78 is 0. The highest BCUT2D eigenvalue weighted by Crippen LogP contribution is 2.23. The topological polar surface area (TPSA) is 28.7 Å². The zero-order chi connectivity index (χ0) is 13.2. The van der Waals surface area contributed by atoms with Crippen molar-refractivity contribution in [3.63, 3.8) is 0 Å². The highest BCUT2D eigenvalue weighted by atomic mass is 35.5. The van der Waals surface area contributed by atoms with Gasteiger partial charge in [0, 0.05) is 5.75 Å². The monoisotopic (exact) mass is 304 g/mol. The smallest absolute Gasteiger partial charge is 0.166 e. The highest BCUT2D eigenvalue weighted by Gasteiger charge is 2.03. The molecule has 1 heterocycles. The molecular formula is C16H17ClN2S. The third-order valence-corrected chi connectivity index (χ3v) is 4.26. The fourth-order valence-electron chi connectivity index (χ4n) is 2.04. The zero-order valence-electron chi connectivity index (χ0n) is 11.5. The first kappa shape index (κ1) is 14.9. The van der Waals surface area contributed by atoms with Gasteiger partial charge in [0.15, 0.2) is 5.16 Å². The number of nitrogens with zero attached hydrogens (tertiary/aromatic N) is 1. The number of aryl methyl sites for hydroxylation is 2. The number of rotatable bonds is 3. The molecular weight excluding hydrogens is 288 g/mol. The van der Waals surface area contributed by atoms with Gasteiger partial charge in [-0.2, -0.15) is 0 Å². The minimum absolute atomic E-state index is 0. The first-order valence-electron chi connectivity index (χ1n) is 6.36. The fourth-order valence-corrected chi connectivity index (χ4v) is 2.87. The molecule has 0 saturated heterocycles. The van der Waals surface area contributed by atoms with Gasteiger partial charge >= 0.3 is 0 Å². The van der Waals surface area contributed by atoms with Gasteiger partial charge in [0.1, 0.15) is 0 Å². The molecule has 2 aromatic carbocycles. The second kappa shape index (κ2) is 6.33. The summed E-state index contributed by atoms with van der Waals surface area (Å²) in [6.45, 7) is 4.30. The van der Waals surface area contributed by atoms with E-state index >= 15 is 0 Å². The Morgan fingerprint density at radius 3 is 2.60 bits per heavy atom. The van der Waals surface area contributed by atoms with Gasteiger partial charge in [-0.25, -0.2) is 4.98 Å². The van der Waals surface area contributed by atoms with Crippen LogP contribution in [0.15, 0.2) is 47.6 Å². The summed E-state index contributed by atoms with van der Waals surface area (Å²) >= 11 is 1.75. The Balaban J connectivity index is 0.00000147. The van der Waals surface area contributed by atoms with Gasteiger partial charge in [-0.15, -0.1) is 12.4 Å². The van der Waals surface area contributed by atoms with Crippen LogP contribution in [-0.4, -0.2) is 9.97 Å². The average molecular weight is 305 g/mol. The Labute approximate surface area is 129 Å². The molecule has 0 unspecified atom stereocenters. The number of thioether (sulfide) groups is 1. The lowest BCUT2D eigenvalue weighted by Crippen LogP contribution is -1.86. The standard InChI is InChI=1S/C16H16N2S.ClH/c1-11-7-8-13(9-12(11)2)10-19-16-17-14-5-3-4-6-15(14)18-16;/h3-9H,10H2,1-2H3,(H,17,18);1H. The van der Waals surface area contributed by atoms with E-state index in [0.717, 1.165) is 21.9 Å². The molecule has 3 aromatic rings. The van der Waals surface area contributed by atoms with Crippen LogP contribution >= 0.6 is 24.2 Å². The first-order chi connectivity index (χ1) is 9.22. The number of nitrogens with one attached hydrogen (secondary N) is 1. The minimum atomic E-state index is 0. The lowest BCUT2D eigenvalue weighted by atomic mass is 10.1. The van der Waals surface area contributed by atoms with Gasteiger partial charge in [0.2, 0.25) is 0 Å². The summed E-state index contributed by atoms with van der Waals surface area (Å²) in [5.74, 6) is 0.945. The van der Waals surface area contributed by atoms with Crippen molar-refractivity contribution in [1.29, 1.82) is 0 Å². The molecule has 0 saturated carbocycles. The number of imidazole rings is 1. The number of H-pyrrole nitrogens is 1. The molecule has 0 radical (unpaired) electrons. The summed E-state index contributed by atoms with van der Waals surface area (Å²) in [5.41, 5.74) is 6.17. The maximum Gasteiger partial charge on any atom is 0.166 e. The van der Waals surface area contributed by atoms with E-state index < -0.39 is 0 Å². The number of aromatic nitrogens is 2. The lowest BCUT2D eigenvalue weighted by molar-refractivity contribution is 1.08. The Bertz CT molecular complexity index is 688. The van der Waals surface area contributed by atoms with Crippen LogP contribution in [-0.2, 0) is 5.75 Å². The molecule has 0 aliphatic rings. The third kappa shape index (κ3) is 3.17. The van der Waals surface area contributed by atoms with E-state index in [0.29, 0.717) is 0 Å². The molecule has 104 valence electrons. The lowest BCUT2D eigenvalue weighted by Gasteiger charge is -2.03. The number of hydrogen-bond acceptors (Lipinski definition) is 2. The second-order valence-electron chi connectivity index (χ2n) is 4.77. The molecule has 0 atom stereocenters. The summed E-state index contributed by atoms with van der Waals surface area (Å²) in [7, 11) is 0. The molecule has 1 N–H and O–H groups in total. The van der Waals surface area contributed by atoms with Crippen molar-refractivity contribution in [1.82, 2.24) is 9.97 Å². The Morgan fingerprint density at radius 2 is 1.85 bits per heavy atom. The largest absolute Gasteiger partial charge is 0.333 e. The molecule has 20 heavy (non-hydrogen) atoms. The van der Waals surface area contributed by atoms with Crippen LogP contribution in [0.2, 0.25) is 0 Å². The molecule has 2 nitrogen and oxygen atoms in total. The summed E-state index contributed by atoms with van der Waals surface area (Å²) in [6.07, 6.45) is 0. The van der Waals surface area contributed by atoms with E-state index in [2.05, 4.69) is 48.1 Å². The van der Waals surface area contributed by atoms with Crippen LogP contribution in [0, 0.1) is 13.8 Å². The van der Waals surface area contributed by atoms with Crippen LogP contribution in [0.1, 0.15) is 16.7 Å².